The molecule has 4 rings (SSSR count). The second-order valence-corrected chi connectivity index (χ2v) is 8.30. The third kappa shape index (κ3) is 4.58. The molecular weight excluding hydrogens is 364 g/mol. The van der Waals surface area contributed by atoms with Crippen molar-refractivity contribution in [1.29, 1.82) is 5.26 Å². The molecule has 0 bridgehead atoms. The van der Waals surface area contributed by atoms with Crippen molar-refractivity contribution in [3.63, 3.8) is 0 Å². The third-order valence-electron chi connectivity index (χ3n) is 6.20. The summed E-state index contributed by atoms with van der Waals surface area (Å²) < 4.78 is 1.83. The Morgan fingerprint density at radius 2 is 2.10 bits per heavy atom. The molecule has 2 heterocycles. The van der Waals surface area contributed by atoms with Gasteiger partial charge >= 0.3 is 0 Å². The van der Waals surface area contributed by atoms with Crippen LogP contribution in [0, 0.1) is 17.2 Å². The molecule has 2 aliphatic rings. The van der Waals surface area contributed by atoms with Gasteiger partial charge in [-0.3, -0.25) is 9.48 Å². The molecule has 0 radical (unpaired) electrons. The van der Waals surface area contributed by atoms with E-state index in [1.165, 1.54) is 0 Å². The van der Waals surface area contributed by atoms with Gasteiger partial charge in [-0.2, -0.15) is 10.4 Å². The van der Waals surface area contributed by atoms with Gasteiger partial charge in [0.2, 0.25) is 5.91 Å². The Hall–Kier alpha value is -2.88. The van der Waals surface area contributed by atoms with Crippen molar-refractivity contribution in [3.8, 4) is 6.07 Å². The molecule has 7 heteroatoms. The lowest BCUT2D eigenvalue weighted by Crippen LogP contribution is -2.41. The smallest absolute Gasteiger partial charge is 0.227 e. The first-order chi connectivity index (χ1) is 14.1. The van der Waals surface area contributed by atoms with Gasteiger partial charge in [-0.1, -0.05) is 0 Å². The van der Waals surface area contributed by atoms with Crippen molar-refractivity contribution in [2.45, 2.75) is 56.9 Å². The molecule has 0 spiro atoms. The summed E-state index contributed by atoms with van der Waals surface area (Å²) in [6.07, 6.45) is 10.9. The zero-order valence-electron chi connectivity index (χ0n) is 16.9. The van der Waals surface area contributed by atoms with Crippen LogP contribution >= 0.6 is 0 Å². The molecule has 0 saturated heterocycles. The fourth-order valence-electron chi connectivity index (χ4n) is 4.58. The van der Waals surface area contributed by atoms with Crippen LogP contribution in [0.5, 0.6) is 0 Å². The molecular formula is C22H28N6O. The SMILES string of the molecule is Cn1cc2c(n1)CCCC2C(=O)NC1CCC(CNc2ccc(C#N)nc2)CC1. The standard InChI is InChI=1S/C22H28N6O/c1-28-14-20-19(3-2-4-21(20)27-28)22(29)26-16-7-5-15(6-8-16)12-24-18-10-9-17(11-23)25-13-18/h9-10,13-16,19,24H,2-8,12H2,1H3,(H,26,29). The minimum atomic E-state index is -0.0456. The minimum absolute atomic E-state index is 0.0456. The molecule has 1 amide bonds. The molecule has 1 atom stereocenters. The molecule has 1 fully saturated rings. The number of carbonyl (C=O) groups is 1. The maximum Gasteiger partial charge on any atom is 0.227 e. The molecule has 29 heavy (non-hydrogen) atoms. The van der Waals surface area contributed by atoms with Crippen molar-refractivity contribution in [3.05, 3.63) is 41.5 Å². The van der Waals surface area contributed by atoms with Crippen LogP contribution in [0.1, 0.15) is 61.4 Å². The number of carbonyl (C=O) groups excluding carboxylic acids is 1. The Morgan fingerprint density at radius 1 is 1.28 bits per heavy atom. The predicted octanol–water partition coefficient (Wildman–Crippen LogP) is 2.89. The van der Waals surface area contributed by atoms with E-state index in [0.717, 1.165) is 68.4 Å². The lowest BCUT2D eigenvalue weighted by molar-refractivity contribution is -0.123. The number of pyridine rings is 1. The van der Waals surface area contributed by atoms with Crippen molar-refractivity contribution < 1.29 is 4.79 Å². The lowest BCUT2D eigenvalue weighted by atomic mass is 9.84. The Kier molecular flexibility index (Phi) is 5.79. The molecule has 2 aromatic rings. The summed E-state index contributed by atoms with van der Waals surface area (Å²) in [5, 5.41) is 20.0. The summed E-state index contributed by atoms with van der Waals surface area (Å²) in [4.78, 5) is 17.0. The van der Waals surface area contributed by atoms with Gasteiger partial charge in [0.25, 0.3) is 0 Å². The van der Waals surface area contributed by atoms with Crippen LogP contribution in [0.25, 0.3) is 0 Å². The molecule has 0 aromatic carbocycles. The Morgan fingerprint density at radius 3 is 2.83 bits per heavy atom. The number of nitrogens with one attached hydrogen (secondary N) is 2. The molecule has 1 unspecified atom stereocenters. The van der Waals surface area contributed by atoms with E-state index in [1.54, 1.807) is 12.3 Å². The van der Waals surface area contributed by atoms with E-state index < -0.39 is 0 Å². The fraction of sp³-hybridized carbons (Fsp3) is 0.545. The minimum Gasteiger partial charge on any atom is -0.384 e. The largest absolute Gasteiger partial charge is 0.384 e. The van der Waals surface area contributed by atoms with Crippen LogP contribution in [0.2, 0.25) is 0 Å². The van der Waals surface area contributed by atoms with Crippen molar-refractivity contribution in [2.24, 2.45) is 13.0 Å². The van der Waals surface area contributed by atoms with Crippen molar-refractivity contribution in [2.75, 3.05) is 11.9 Å². The lowest BCUT2D eigenvalue weighted by Gasteiger charge is -2.31. The van der Waals surface area contributed by atoms with Gasteiger partial charge in [-0.05, 0) is 63.0 Å². The number of hydrogen-bond acceptors (Lipinski definition) is 5. The number of hydrogen-bond donors (Lipinski definition) is 2. The summed E-state index contributed by atoms with van der Waals surface area (Å²) in [5.41, 5.74) is 3.59. The van der Waals surface area contributed by atoms with Crippen molar-refractivity contribution >= 4 is 11.6 Å². The summed E-state index contributed by atoms with van der Waals surface area (Å²) in [5.74, 6) is 0.721. The first-order valence-corrected chi connectivity index (χ1v) is 10.5. The van der Waals surface area contributed by atoms with Crippen LogP contribution in [-0.2, 0) is 18.3 Å². The quantitative estimate of drug-likeness (QED) is 0.816. The first kappa shape index (κ1) is 19.4. The van der Waals surface area contributed by atoms with Crippen LogP contribution < -0.4 is 10.6 Å². The van der Waals surface area contributed by atoms with Gasteiger partial charge in [0, 0.05) is 31.4 Å². The van der Waals surface area contributed by atoms with E-state index >= 15 is 0 Å². The molecule has 2 N–H and O–H groups in total. The van der Waals surface area contributed by atoms with Crippen LogP contribution in [0.3, 0.4) is 0 Å². The highest BCUT2D eigenvalue weighted by Gasteiger charge is 2.31. The monoisotopic (exact) mass is 392 g/mol. The highest BCUT2D eigenvalue weighted by Crippen LogP contribution is 2.32. The van der Waals surface area contributed by atoms with Gasteiger partial charge in [0.15, 0.2) is 0 Å². The second-order valence-electron chi connectivity index (χ2n) is 8.30. The van der Waals surface area contributed by atoms with Gasteiger partial charge in [-0.15, -0.1) is 0 Å². The van der Waals surface area contributed by atoms with Crippen molar-refractivity contribution in [1.82, 2.24) is 20.1 Å². The van der Waals surface area contributed by atoms with E-state index in [4.69, 9.17) is 5.26 Å². The molecule has 152 valence electrons. The zero-order chi connectivity index (χ0) is 20.2. The number of rotatable bonds is 5. The van der Waals surface area contributed by atoms with Gasteiger partial charge < -0.3 is 10.6 Å². The van der Waals surface area contributed by atoms with Gasteiger partial charge in [-0.25, -0.2) is 4.98 Å². The predicted molar refractivity (Wildman–Crippen MR) is 110 cm³/mol. The Balaban J connectivity index is 1.24. The van der Waals surface area contributed by atoms with Gasteiger partial charge in [0.05, 0.1) is 23.5 Å². The number of aryl methyl sites for hydroxylation is 2. The summed E-state index contributed by atoms with van der Waals surface area (Å²) in [7, 11) is 1.93. The first-order valence-electron chi connectivity index (χ1n) is 10.5. The molecule has 1 saturated carbocycles. The van der Waals surface area contributed by atoms with E-state index in [1.807, 2.05) is 30.1 Å². The van der Waals surface area contributed by atoms with Gasteiger partial charge in [0.1, 0.15) is 11.8 Å². The zero-order valence-corrected chi connectivity index (χ0v) is 16.9. The highest BCUT2D eigenvalue weighted by atomic mass is 16.1. The molecule has 7 nitrogen and oxygen atoms in total. The maximum atomic E-state index is 12.9. The number of fused-ring (bicyclic) bond motifs is 1. The number of aromatic nitrogens is 3. The topological polar surface area (TPSA) is 95.6 Å². The van der Waals surface area contributed by atoms with E-state index in [0.29, 0.717) is 11.6 Å². The van der Waals surface area contributed by atoms with Crippen LogP contribution in [-0.4, -0.2) is 33.3 Å². The third-order valence-corrected chi connectivity index (χ3v) is 6.20. The summed E-state index contributed by atoms with van der Waals surface area (Å²) in [6, 6.07) is 5.93. The number of nitriles is 1. The Bertz CT molecular complexity index is 889. The molecule has 0 aliphatic heterocycles. The Labute approximate surface area is 171 Å². The molecule has 2 aliphatic carbocycles. The number of amides is 1. The second kappa shape index (κ2) is 8.64. The number of nitrogens with zero attached hydrogens (tertiary/aromatic N) is 4. The van der Waals surface area contributed by atoms with E-state index in [9.17, 15) is 4.79 Å². The highest BCUT2D eigenvalue weighted by molar-refractivity contribution is 5.84. The average Bonchev–Trinajstić information content (AvgIpc) is 3.13. The van der Waals surface area contributed by atoms with E-state index in [-0.39, 0.29) is 17.9 Å². The normalized spacial score (nSPS) is 23.7. The summed E-state index contributed by atoms with van der Waals surface area (Å²) in [6.45, 7) is 0.899. The molecule has 2 aromatic heterocycles. The average molecular weight is 393 g/mol. The van der Waals surface area contributed by atoms with Crippen LogP contribution in [0.15, 0.2) is 24.5 Å². The number of anilines is 1. The maximum absolute atomic E-state index is 12.9. The van der Waals surface area contributed by atoms with Crippen LogP contribution in [0.4, 0.5) is 5.69 Å². The summed E-state index contributed by atoms with van der Waals surface area (Å²) >= 11 is 0. The van der Waals surface area contributed by atoms with E-state index in [2.05, 4.69) is 20.7 Å². The fourth-order valence-corrected chi connectivity index (χ4v) is 4.58.